The van der Waals surface area contributed by atoms with Crippen molar-refractivity contribution in [1.82, 2.24) is 15.5 Å². The van der Waals surface area contributed by atoms with E-state index >= 15 is 0 Å². The van der Waals surface area contributed by atoms with Gasteiger partial charge in [-0.25, -0.2) is 0 Å². The molecule has 0 spiro atoms. The minimum Gasteiger partial charge on any atom is -0.352 e. The topological polar surface area (TPSA) is 56.7 Å². The zero-order chi connectivity index (χ0) is 15.0. The summed E-state index contributed by atoms with van der Waals surface area (Å²) >= 11 is 0. The minimum atomic E-state index is -0.00370. The van der Waals surface area contributed by atoms with Crippen LogP contribution in [0.4, 0.5) is 0 Å². The molecular weight excluding hydrogens is 379 g/mol. The molecule has 21 heavy (non-hydrogen) atoms. The Morgan fingerprint density at radius 2 is 1.90 bits per heavy atom. The standard InChI is InChI=1S/C15H20N4O.HI/c1-5-10-17-15(16-2)18-11-12-6-8-13(9-7-12)14(20)19(3)4;/h1,6-9H,10-11H2,2-4H3,(H2,16,17,18);1H. The summed E-state index contributed by atoms with van der Waals surface area (Å²) in [5, 5.41) is 6.12. The molecule has 0 saturated heterocycles. The molecule has 5 nitrogen and oxygen atoms in total. The summed E-state index contributed by atoms with van der Waals surface area (Å²) in [6.45, 7) is 1.04. The van der Waals surface area contributed by atoms with Gasteiger partial charge in [0.15, 0.2) is 5.96 Å². The number of hydrogen-bond acceptors (Lipinski definition) is 2. The number of rotatable bonds is 4. The molecule has 0 aliphatic heterocycles. The van der Waals surface area contributed by atoms with E-state index < -0.39 is 0 Å². The molecule has 0 bridgehead atoms. The van der Waals surface area contributed by atoms with E-state index in [2.05, 4.69) is 21.5 Å². The molecule has 1 aromatic rings. The van der Waals surface area contributed by atoms with Crippen LogP contribution in [0.1, 0.15) is 15.9 Å². The number of guanidine groups is 1. The van der Waals surface area contributed by atoms with Crippen molar-refractivity contribution in [1.29, 1.82) is 0 Å². The van der Waals surface area contributed by atoms with Crippen LogP contribution in [0.15, 0.2) is 29.3 Å². The van der Waals surface area contributed by atoms with E-state index in [1.807, 2.05) is 24.3 Å². The number of nitrogens with one attached hydrogen (secondary N) is 2. The van der Waals surface area contributed by atoms with Crippen LogP contribution >= 0.6 is 24.0 Å². The van der Waals surface area contributed by atoms with Crippen molar-refractivity contribution in [3.05, 3.63) is 35.4 Å². The maximum absolute atomic E-state index is 11.7. The van der Waals surface area contributed by atoms with E-state index in [0.29, 0.717) is 24.6 Å². The average molecular weight is 400 g/mol. The number of aliphatic imine (C=N–C) groups is 1. The number of nitrogens with zero attached hydrogens (tertiary/aromatic N) is 2. The number of amides is 1. The van der Waals surface area contributed by atoms with Crippen molar-refractivity contribution >= 4 is 35.8 Å². The predicted octanol–water partition coefficient (Wildman–Crippen LogP) is 1.30. The Morgan fingerprint density at radius 1 is 1.29 bits per heavy atom. The number of carbonyl (C=O) groups is 1. The number of hydrogen-bond donors (Lipinski definition) is 2. The lowest BCUT2D eigenvalue weighted by Crippen LogP contribution is -2.36. The molecule has 0 atom stereocenters. The number of terminal acetylenes is 1. The van der Waals surface area contributed by atoms with Gasteiger partial charge in [-0.1, -0.05) is 18.1 Å². The van der Waals surface area contributed by atoms with E-state index in [0.717, 1.165) is 5.56 Å². The highest BCUT2D eigenvalue weighted by Crippen LogP contribution is 2.06. The Hall–Kier alpha value is -1.75. The summed E-state index contributed by atoms with van der Waals surface area (Å²) < 4.78 is 0. The lowest BCUT2D eigenvalue weighted by atomic mass is 10.1. The van der Waals surface area contributed by atoms with Crippen LogP contribution in [0, 0.1) is 12.3 Å². The Balaban J connectivity index is 0.00000400. The fourth-order valence-corrected chi connectivity index (χ4v) is 1.56. The summed E-state index contributed by atoms with van der Waals surface area (Å²) in [6.07, 6.45) is 5.18. The largest absolute Gasteiger partial charge is 0.352 e. The summed E-state index contributed by atoms with van der Waals surface area (Å²) in [6, 6.07) is 7.46. The Labute approximate surface area is 143 Å². The first-order valence-corrected chi connectivity index (χ1v) is 6.27. The Bertz CT molecular complexity index is 517. The van der Waals surface area contributed by atoms with Crippen molar-refractivity contribution in [2.75, 3.05) is 27.7 Å². The summed E-state index contributed by atoms with van der Waals surface area (Å²) in [5.74, 6) is 3.13. The summed E-state index contributed by atoms with van der Waals surface area (Å²) in [7, 11) is 5.16. The summed E-state index contributed by atoms with van der Waals surface area (Å²) in [4.78, 5) is 17.4. The number of benzene rings is 1. The normalized spacial score (nSPS) is 10.1. The smallest absolute Gasteiger partial charge is 0.253 e. The molecule has 0 aliphatic rings. The predicted molar refractivity (Wildman–Crippen MR) is 96.9 cm³/mol. The molecular formula is C15H21IN4O. The van der Waals surface area contributed by atoms with E-state index in [4.69, 9.17) is 6.42 Å². The van der Waals surface area contributed by atoms with Crippen LogP contribution in [-0.4, -0.2) is 44.5 Å². The van der Waals surface area contributed by atoms with Crippen molar-refractivity contribution in [2.45, 2.75) is 6.54 Å². The van der Waals surface area contributed by atoms with Crippen LogP contribution in [0.25, 0.3) is 0 Å². The van der Waals surface area contributed by atoms with Crippen LogP contribution in [0.3, 0.4) is 0 Å². The highest BCUT2D eigenvalue weighted by atomic mass is 127. The third-order valence-electron chi connectivity index (χ3n) is 2.65. The monoisotopic (exact) mass is 400 g/mol. The van der Waals surface area contributed by atoms with Crippen molar-refractivity contribution in [3.8, 4) is 12.3 Å². The lowest BCUT2D eigenvalue weighted by Gasteiger charge is -2.12. The van der Waals surface area contributed by atoms with Gasteiger partial charge in [0.05, 0.1) is 6.54 Å². The first-order chi connectivity index (χ1) is 9.58. The molecule has 2 N–H and O–H groups in total. The maximum atomic E-state index is 11.7. The van der Waals surface area contributed by atoms with E-state index in [-0.39, 0.29) is 29.9 Å². The highest BCUT2D eigenvalue weighted by molar-refractivity contribution is 14.0. The molecule has 0 radical (unpaired) electrons. The van der Waals surface area contributed by atoms with Crippen LogP contribution in [0.5, 0.6) is 0 Å². The van der Waals surface area contributed by atoms with Gasteiger partial charge in [0.2, 0.25) is 0 Å². The fourth-order valence-electron chi connectivity index (χ4n) is 1.56. The summed E-state index contributed by atoms with van der Waals surface area (Å²) in [5.41, 5.74) is 1.73. The third kappa shape index (κ3) is 6.49. The zero-order valence-electron chi connectivity index (χ0n) is 12.5. The second-order valence-corrected chi connectivity index (χ2v) is 4.38. The molecule has 6 heteroatoms. The van der Waals surface area contributed by atoms with Gasteiger partial charge in [0.25, 0.3) is 5.91 Å². The molecule has 0 unspecified atom stereocenters. The van der Waals surface area contributed by atoms with E-state index in [9.17, 15) is 4.79 Å². The van der Waals surface area contributed by atoms with E-state index in [1.54, 1.807) is 26.0 Å². The second kappa shape index (κ2) is 10.0. The number of halogens is 1. The highest BCUT2D eigenvalue weighted by Gasteiger charge is 2.07. The van der Waals surface area contributed by atoms with Gasteiger partial charge in [0.1, 0.15) is 0 Å². The lowest BCUT2D eigenvalue weighted by molar-refractivity contribution is 0.0827. The Kier molecular flexibility index (Phi) is 9.21. The quantitative estimate of drug-likeness (QED) is 0.347. The first kappa shape index (κ1) is 19.2. The van der Waals surface area contributed by atoms with Crippen molar-refractivity contribution < 1.29 is 4.79 Å². The van der Waals surface area contributed by atoms with Gasteiger partial charge in [-0.3, -0.25) is 9.79 Å². The van der Waals surface area contributed by atoms with Crippen LogP contribution in [-0.2, 0) is 6.54 Å². The molecule has 1 aromatic carbocycles. The molecule has 0 fully saturated rings. The van der Waals surface area contributed by atoms with Crippen molar-refractivity contribution in [3.63, 3.8) is 0 Å². The molecule has 1 amide bonds. The minimum absolute atomic E-state index is 0. The van der Waals surface area contributed by atoms with Gasteiger partial charge in [-0.05, 0) is 17.7 Å². The van der Waals surface area contributed by atoms with Crippen LogP contribution in [0.2, 0.25) is 0 Å². The molecule has 1 rings (SSSR count). The van der Waals surface area contributed by atoms with Gasteiger partial charge in [-0.2, -0.15) is 0 Å². The fraction of sp³-hybridized carbons (Fsp3) is 0.333. The van der Waals surface area contributed by atoms with Gasteiger partial charge in [-0.15, -0.1) is 30.4 Å². The Morgan fingerprint density at radius 3 is 2.38 bits per heavy atom. The second-order valence-electron chi connectivity index (χ2n) is 4.38. The molecule has 114 valence electrons. The molecule has 0 heterocycles. The maximum Gasteiger partial charge on any atom is 0.253 e. The van der Waals surface area contributed by atoms with Gasteiger partial charge in [0, 0.05) is 33.3 Å². The molecule has 0 aromatic heterocycles. The number of carbonyl (C=O) groups excluding carboxylic acids is 1. The first-order valence-electron chi connectivity index (χ1n) is 6.27. The van der Waals surface area contributed by atoms with Crippen molar-refractivity contribution in [2.24, 2.45) is 4.99 Å². The zero-order valence-corrected chi connectivity index (χ0v) is 14.8. The van der Waals surface area contributed by atoms with Gasteiger partial charge < -0.3 is 15.5 Å². The van der Waals surface area contributed by atoms with Crippen LogP contribution < -0.4 is 10.6 Å². The molecule has 0 aliphatic carbocycles. The average Bonchev–Trinajstić information content (AvgIpc) is 2.47. The van der Waals surface area contributed by atoms with E-state index in [1.165, 1.54) is 0 Å². The van der Waals surface area contributed by atoms with Gasteiger partial charge >= 0.3 is 0 Å². The third-order valence-corrected chi connectivity index (χ3v) is 2.65. The SMILES string of the molecule is C#CCNC(=NC)NCc1ccc(C(=O)N(C)C)cc1.I. The molecule has 0 saturated carbocycles.